The minimum atomic E-state index is -0.438. The minimum Gasteiger partial charge on any atom is -0.381 e. The van der Waals surface area contributed by atoms with Crippen molar-refractivity contribution >= 4 is 24.2 Å². The number of halogens is 1. The van der Waals surface area contributed by atoms with E-state index < -0.39 is 6.04 Å². The molecule has 0 bridgehead atoms. The lowest BCUT2D eigenvalue weighted by Crippen LogP contribution is -2.52. The third-order valence-corrected chi connectivity index (χ3v) is 6.68. The molecule has 7 heteroatoms. The molecule has 2 aliphatic heterocycles. The summed E-state index contributed by atoms with van der Waals surface area (Å²) in [5.41, 5.74) is 7.46. The Morgan fingerprint density at radius 1 is 1.03 bits per heavy atom. The molecule has 4 rings (SSSR count). The summed E-state index contributed by atoms with van der Waals surface area (Å²) in [6.45, 7) is 3.35. The first-order chi connectivity index (χ1) is 14.1. The van der Waals surface area contributed by atoms with Gasteiger partial charge in [0.1, 0.15) is 0 Å². The molecule has 1 aliphatic carbocycles. The van der Waals surface area contributed by atoms with Crippen LogP contribution in [-0.2, 0) is 20.9 Å². The largest absolute Gasteiger partial charge is 0.381 e. The Morgan fingerprint density at radius 3 is 2.27 bits per heavy atom. The number of hydrogen-bond acceptors (Lipinski definition) is 4. The van der Waals surface area contributed by atoms with Gasteiger partial charge in [0, 0.05) is 44.8 Å². The SMILES string of the molecule is Cl.NC(C(=O)N1CCC(C(=O)N(Cc2ccccc2)C2CC2)CC1)C1CCOCC1. The van der Waals surface area contributed by atoms with E-state index in [2.05, 4.69) is 17.0 Å². The van der Waals surface area contributed by atoms with Crippen LogP contribution in [-0.4, -0.2) is 60.0 Å². The number of likely N-dealkylation sites (tertiary alicyclic amines) is 1. The number of nitrogens with zero attached hydrogens (tertiary/aromatic N) is 2. The van der Waals surface area contributed by atoms with Gasteiger partial charge in [-0.25, -0.2) is 0 Å². The van der Waals surface area contributed by atoms with Crippen LogP contribution in [0.2, 0.25) is 0 Å². The fourth-order valence-electron chi connectivity index (χ4n) is 4.62. The Balaban J connectivity index is 0.00000256. The molecule has 1 atom stereocenters. The number of benzene rings is 1. The van der Waals surface area contributed by atoms with E-state index in [1.807, 2.05) is 23.1 Å². The first kappa shape index (κ1) is 23.0. The highest BCUT2D eigenvalue weighted by Crippen LogP contribution is 2.32. The van der Waals surface area contributed by atoms with E-state index in [0.29, 0.717) is 38.9 Å². The number of amides is 2. The summed E-state index contributed by atoms with van der Waals surface area (Å²) in [5, 5.41) is 0. The molecule has 2 amide bonds. The fraction of sp³-hybridized carbons (Fsp3) is 0.652. The number of ether oxygens (including phenoxy) is 1. The van der Waals surface area contributed by atoms with Gasteiger partial charge in [0.2, 0.25) is 11.8 Å². The molecule has 0 spiro atoms. The number of rotatable bonds is 6. The molecule has 6 nitrogen and oxygen atoms in total. The molecule has 2 heterocycles. The molecule has 0 radical (unpaired) electrons. The maximum Gasteiger partial charge on any atom is 0.239 e. The van der Waals surface area contributed by atoms with E-state index in [4.69, 9.17) is 10.5 Å². The Labute approximate surface area is 185 Å². The maximum atomic E-state index is 13.2. The van der Waals surface area contributed by atoms with Gasteiger partial charge in [-0.1, -0.05) is 30.3 Å². The second-order valence-corrected chi connectivity index (χ2v) is 8.76. The van der Waals surface area contributed by atoms with Gasteiger partial charge in [0.15, 0.2) is 0 Å². The topological polar surface area (TPSA) is 75.9 Å². The van der Waals surface area contributed by atoms with Crippen molar-refractivity contribution in [1.82, 2.24) is 9.80 Å². The average molecular weight is 436 g/mol. The standard InChI is InChI=1S/C23H33N3O3.ClH/c24-21(18-10-14-29-15-11-18)23(28)25-12-8-19(9-13-25)22(27)26(20-6-7-20)16-17-4-2-1-3-5-17;/h1-5,18-21H,6-16,24H2;1H. The highest BCUT2D eigenvalue weighted by molar-refractivity contribution is 5.85. The molecule has 3 aliphatic rings. The van der Waals surface area contributed by atoms with Crippen molar-refractivity contribution in [3.05, 3.63) is 35.9 Å². The number of hydrogen-bond donors (Lipinski definition) is 1. The Bertz CT molecular complexity index is 699. The lowest BCUT2D eigenvalue weighted by Gasteiger charge is -2.37. The van der Waals surface area contributed by atoms with Gasteiger partial charge >= 0.3 is 0 Å². The van der Waals surface area contributed by atoms with Crippen LogP contribution in [0, 0.1) is 11.8 Å². The fourth-order valence-corrected chi connectivity index (χ4v) is 4.62. The summed E-state index contributed by atoms with van der Waals surface area (Å²) < 4.78 is 5.38. The average Bonchev–Trinajstić information content (AvgIpc) is 3.63. The summed E-state index contributed by atoms with van der Waals surface area (Å²) in [4.78, 5) is 30.0. The predicted octanol–water partition coefficient (Wildman–Crippen LogP) is 2.59. The molecule has 1 aromatic carbocycles. The number of carbonyl (C=O) groups is 2. The molecule has 1 unspecified atom stereocenters. The summed E-state index contributed by atoms with van der Waals surface area (Å²) in [6.07, 6.45) is 5.41. The van der Waals surface area contributed by atoms with Crippen LogP contribution in [0.3, 0.4) is 0 Å². The van der Waals surface area contributed by atoms with E-state index in [1.54, 1.807) is 0 Å². The van der Waals surface area contributed by atoms with Crippen molar-refractivity contribution in [3.8, 4) is 0 Å². The van der Waals surface area contributed by atoms with E-state index in [9.17, 15) is 9.59 Å². The zero-order chi connectivity index (χ0) is 20.2. The van der Waals surface area contributed by atoms with E-state index >= 15 is 0 Å². The quantitative estimate of drug-likeness (QED) is 0.745. The second kappa shape index (κ2) is 10.6. The monoisotopic (exact) mass is 435 g/mol. The van der Waals surface area contributed by atoms with Gasteiger partial charge in [-0.15, -0.1) is 12.4 Å². The van der Waals surface area contributed by atoms with Crippen LogP contribution >= 0.6 is 12.4 Å². The second-order valence-electron chi connectivity index (χ2n) is 8.76. The van der Waals surface area contributed by atoms with Crippen LogP contribution in [0.1, 0.15) is 44.1 Å². The molecule has 3 fully saturated rings. The van der Waals surface area contributed by atoms with Crippen molar-refractivity contribution < 1.29 is 14.3 Å². The van der Waals surface area contributed by atoms with Crippen LogP contribution in [0.25, 0.3) is 0 Å². The van der Waals surface area contributed by atoms with E-state index in [0.717, 1.165) is 38.5 Å². The van der Waals surface area contributed by atoms with Gasteiger partial charge in [-0.3, -0.25) is 9.59 Å². The summed E-state index contributed by atoms with van der Waals surface area (Å²) in [6, 6.07) is 10.2. The van der Waals surface area contributed by atoms with Crippen molar-refractivity contribution in [2.24, 2.45) is 17.6 Å². The zero-order valence-electron chi connectivity index (χ0n) is 17.6. The van der Waals surface area contributed by atoms with Crippen LogP contribution in [0.4, 0.5) is 0 Å². The molecule has 0 aromatic heterocycles. The normalized spacial score (nSPS) is 21.6. The predicted molar refractivity (Wildman–Crippen MR) is 118 cm³/mol. The van der Waals surface area contributed by atoms with Gasteiger partial charge in [-0.05, 0) is 50.0 Å². The van der Waals surface area contributed by atoms with Crippen molar-refractivity contribution in [2.75, 3.05) is 26.3 Å². The molecule has 1 saturated carbocycles. The van der Waals surface area contributed by atoms with Crippen LogP contribution in [0.5, 0.6) is 0 Å². The Morgan fingerprint density at radius 2 is 1.67 bits per heavy atom. The Kier molecular flexibility index (Phi) is 8.14. The summed E-state index contributed by atoms with van der Waals surface area (Å²) in [5.74, 6) is 0.540. The number of nitrogens with two attached hydrogens (primary N) is 1. The van der Waals surface area contributed by atoms with E-state index in [1.165, 1.54) is 5.56 Å². The Hall–Kier alpha value is -1.63. The zero-order valence-corrected chi connectivity index (χ0v) is 18.4. The first-order valence-corrected chi connectivity index (χ1v) is 11.1. The highest BCUT2D eigenvalue weighted by atomic mass is 35.5. The maximum absolute atomic E-state index is 13.2. The summed E-state index contributed by atoms with van der Waals surface area (Å²) >= 11 is 0. The molecule has 166 valence electrons. The first-order valence-electron chi connectivity index (χ1n) is 11.1. The van der Waals surface area contributed by atoms with Gasteiger partial charge < -0.3 is 20.3 Å². The molecular weight excluding hydrogens is 402 g/mol. The smallest absolute Gasteiger partial charge is 0.239 e. The lowest BCUT2D eigenvalue weighted by atomic mass is 9.89. The molecule has 2 N–H and O–H groups in total. The molecule has 1 aromatic rings. The van der Waals surface area contributed by atoms with Gasteiger partial charge in [0.05, 0.1) is 6.04 Å². The molecular formula is C23H34ClN3O3. The number of piperidine rings is 1. The van der Waals surface area contributed by atoms with Crippen LogP contribution in [0.15, 0.2) is 30.3 Å². The van der Waals surface area contributed by atoms with Crippen LogP contribution < -0.4 is 5.73 Å². The minimum absolute atomic E-state index is 0. The van der Waals surface area contributed by atoms with Crippen molar-refractivity contribution in [3.63, 3.8) is 0 Å². The van der Waals surface area contributed by atoms with Gasteiger partial charge in [-0.2, -0.15) is 0 Å². The summed E-state index contributed by atoms with van der Waals surface area (Å²) in [7, 11) is 0. The van der Waals surface area contributed by atoms with Gasteiger partial charge in [0.25, 0.3) is 0 Å². The molecule has 2 saturated heterocycles. The highest BCUT2D eigenvalue weighted by Gasteiger charge is 2.38. The molecule has 30 heavy (non-hydrogen) atoms. The third-order valence-electron chi connectivity index (χ3n) is 6.68. The lowest BCUT2D eigenvalue weighted by molar-refractivity contribution is -0.143. The van der Waals surface area contributed by atoms with E-state index in [-0.39, 0.29) is 36.1 Å². The van der Waals surface area contributed by atoms with Crippen molar-refractivity contribution in [2.45, 2.75) is 57.2 Å². The number of carbonyl (C=O) groups excluding carboxylic acids is 2. The third kappa shape index (κ3) is 5.54. The van der Waals surface area contributed by atoms with Crippen molar-refractivity contribution in [1.29, 1.82) is 0 Å².